The number of hydrogen-bond donors (Lipinski definition) is 1. The van der Waals surface area contributed by atoms with Gasteiger partial charge in [0.05, 0.1) is 0 Å². The third kappa shape index (κ3) is 1.41. The van der Waals surface area contributed by atoms with Gasteiger partial charge >= 0.3 is 0 Å². The number of pyridine rings is 1. The molecule has 0 radical (unpaired) electrons. The smallest absolute Gasteiger partial charge is 0.265 e. The van der Waals surface area contributed by atoms with Gasteiger partial charge < -0.3 is 0 Å². The third-order valence-electron chi connectivity index (χ3n) is 3.29. The zero-order chi connectivity index (χ0) is 13.4. The van der Waals surface area contributed by atoms with Gasteiger partial charge in [0.15, 0.2) is 5.69 Å². The molecule has 0 saturated carbocycles. The molecule has 2 aliphatic rings. The molecule has 2 aromatic rings. The summed E-state index contributed by atoms with van der Waals surface area (Å²) >= 11 is 0. The second-order valence-electron chi connectivity index (χ2n) is 4.41. The van der Waals surface area contributed by atoms with Crippen LogP contribution in [0.1, 0.15) is 0 Å². The maximum Gasteiger partial charge on any atom is 0.265 e. The highest BCUT2D eigenvalue weighted by Crippen LogP contribution is 2.37. The molecule has 0 bridgehead atoms. The number of fused-ring (bicyclic) bond motifs is 1. The number of nitrogens with one attached hydrogen (secondary N) is 1. The van der Waals surface area contributed by atoms with Crippen molar-refractivity contribution in [1.82, 2.24) is 19.7 Å². The Morgan fingerprint density at radius 2 is 2.05 bits per heavy atom. The van der Waals surface area contributed by atoms with Gasteiger partial charge in [0.25, 0.3) is 5.82 Å². The van der Waals surface area contributed by atoms with E-state index in [-0.39, 0.29) is 4.48 Å². The molecular formula is C13H10N7+. The molecule has 20 heavy (non-hydrogen) atoms. The van der Waals surface area contributed by atoms with Crippen molar-refractivity contribution in [2.24, 2.45) is 15.0 Å². The largest absolute Gasteiger partial charge is 0.272 e. The first kappa shape index (κ1) is 10.9. The average molecular weight is 264 g/mol. The van der Waals surface area contributed by atoms with Crippen LogP contribution in [-0.4, -0.2) is 34.2 Å². The molecule has 4 heterocycles. The summed E-state index contributed by atoms with van der Waals surface area (Å²) in [5.41, 5.74) is 2.74. The summed E-state index contributed by atoms with van der Waals surface area (Å²) in [7, 11) is 0. The summed E-state index contributed by atoms with van der Waals surface area (Å²) in [6.45, 7) is 0. The van der Waals surface area contributed by atoms with Crippen molar-refractivity contribution in [2.75, 3.05) is 0 Å². The molecule has 2 aromatic heterocycles. The Labute approximate surface area is 114 Å². The van der Waals surface area contributed by atoms with Gasteiger partial charge in [-0.2, -0.15) is 19.6 Å². The molecular weight excluding hydrogens is 254 g/mol. The summed E-state index contributed by atoms with van der Waals surface area (Å²) in [6, 6.07) is 3.86. The van der Waals surface area contributed by atoms with Gasteiger partial charge in [0, 0.05) is 18.0 Å². The van der Waals surface area contributed by atoms with E-state index in [1.807, 2.05) is 12.1 Å². The first-order valence-corrected chi connectivity index (χ1v) is 6.05. The molecule has 0 aliphatic carbocycles. The van der Waals surface area contributed by atoms with Crippen LogP contribution >= 0.6 is 0 Å². The summed E-state index contributed by atoms with van der Waals surface area (Å²) in [4.78, 5) is 16.8. The third-order valence-corrected chi connectivity index (χ3v) is 3.29. The standard InChI is InChI=1S/C13H10N7/c1-2-10(4-14-3-1)13-11(5-18-19-13)20-8-15-6-12(20)17-7-16-9-20/h1-9H,(H,18,19)/q+1. The molecule has 4 rings (SSSR count). The summed E-state index contributed by atoms with van der Waals surface area (Å²) < 4.78 is 0.233. The van der Waals surface area contributed by atoms with Gasteiger partial charge in [-0.05, 0) is 12.1 Å². The minimum absolute atomic E-state index is 0.233. The van der Waals surface area contributed by atoms with E-state index in [1.165, 1.54) is 6.34 Å². The Morgan fingerprint density at radius 3 is 2.95 bits per heavy atom. The van der Waals surface area contributed by atoms with Crippen LogP contribution in [0.15, 0.2) is 57.7 Å². The highest BCUT2D eigenvalue weighted by atomic mass is 15.5. The first-order valence-electron chi connectivity index (χ1n) is 6.05. The fraction of sp³-hybridized carbons (Fsp3) is 0. The topological polar surface area (TPSA) is 78.6 Å². The molecule has 0 aromatic carbocycles. The van der Waals surface area contributed by atoms with Crippen molar-refractivity contribution < 1.29 is 0 Å². The van der Waals surface area contributed by atoms with Crippen LogP contribution in [-0.2, 0) is 0 Å². The van der Waals surface area contributed by atoms with Crippen molar-refractivity contribution >= 4 is 24.7 Å². The fourth-order valence-electron chi connectivity index (χ4n) is 2.34. The number of H-pyrrole nitrogens is 1. The zero-order valence-corrected chi connectivity index (χ0v) is 10.4. The molecule has 96 valence electrons. The number of rotatable bonds is 2. The number of hydrogen-bond acceptors (Lipinski definition) is 5. The predicted octanol–water partition coefficient (Wildman–Crippen LogP) is 1.69. The monoisotopic (exact) mass is 264 g/mol. The molecule has 7 nitrogen and oxygen atoms in total. The zero-order valence-electron chi connectivity index (χ0n) is 10.4. The van der Waals surface area contributed by atoms with Crippen LogP contribution in [0, 0.1) is 0 Å². The van der Waals surface area contributed by atoms with E-state index in [9.17, 15) is 0 Å². The summed E-state index contributed by atoms with van der Waals surface area (Å²) in [6.07, 6.45) is 12.1. The van der Waals surface area contributed by atoms with E-state index in [0.29, 0.717) is 0 Å². The van der Waals surface area contributed by atoms with Crippen LogP contribution in [0.5, 0.6) is 0 Å². The maximum absolute atomic E-state index is 4.28. The normalized spacial score (nSPS) is 22.9. The molecule has 0 amide bonds. The molecule has 7 heteroatoms. The van der Waals surface area contributed by atoms with Crippen molar-refractivity contribution in [1.29, 1.82) is 0 Å². The van der Waals surface area contributed by atoms with Crippen LogP contribution in [0.2, 0.25) is 0 Å². The van der Waals surface area contributed by atoms with Crippen LogP contribution in [0.3, 0.4) is 0 Å². The van der Waals surface area contributed by atoms with Crippen LogP contribution in [0.4, 0.5) is 5.69 Å². The highest BCUT2D eigenvalue weighted by molar-refractivity contribution is 6.04. The number of aromatic nitrogens is 3. The van der Waals surface area contributed by atoms with Gasteiger partial charge in [-0.3, -0.25) is 10.1 Å². The maximum atomic E-state index is 4.28. The fourth-order valence-corrected chi connectivity index (χ4v) is 2.34. The quantitative estimate of drug-likeness (QED) is 0.838. The SMILES string of the molecule is C1=NC=NC2=CN=C[N+]12c1cn[nH]c1-c1cccnc1. The average Bonchev–Trinajstić information content (AvgIpc) is 3.15. The lowest BCUT2D eigenvalue weighted by molar-refractivity contribution is 0.750. The summed E-state index contributed by atoms with van der Waals surface area (Å²) in [5, 5.41) is 7.18. The lowest BCUT2D eigenvalue weighted by Gasteiger charge is -2.25. The number of nitrogens with zero attached hydrogens (tertiary/aromatic N) is 6. The number of aliphatic imine (C=N–C) groups is 3. The lowest BCUT2D eigenvalue weighted by Crippen LogP contribution is -2.44. The number of aromatic amines is 1. The molecule has 0 fully saturated rings. The molecule has 1 unspecified atom stereocenters. The molecule has 1 atom stereocenters. The van der Waals surface area contributed by atoms with Crippen molar-refractivity contribution in [3.63, 3.8) is 0 Å². The van der Waals surface area contributed by atoms with Crippen LogP contribution < -0.4 is 4.48 Å². The minimum Gasteiger partial charge on any atom is -0.272 e. The Hall–Kier alpha value is -2.93. The predicted molar refractivity (Wildman–Crippen MR) is 77.2 cm³/mol. The van der Waals surface area contributed by atoms with E-state index >= 15 is 0 Å². The van der Waals surface area contributed by atoms with E-state index in [1.54, 1.807) is 37.5 Å². The minimum atomic E-state index is 0.233. The second-order valence-corrected chi connectivity index (χ2v) is 4.41. The van der Waals surface area contributed by atoms with Gasteiger partial charge in [-0.1, -0.05) is 0 Å². The lowest BCUT2D eigenvalue weighted by atomic mass is 10.1. The Balaban J connectivity index is 1.91. The molecule has 0 saturated heterocycles. The summed E-state index contributed by atoms with van der Waals surface area (Å²) in [5.74, 6) is 0.784. The highest BCUT2D eigenvalue weighted by Gasteiger charge is 2.41. The molecule has 1 N–H and O–H groups in total. The van der Waals surface area contributed by atoms with Gasteiger partial charge in [0.1, 0.15) is 24.4 Å². The van der Waals surface area contributed by atoms with Crippen molar-refractivity contribution in [2.45, 2.75) is 0 Å². The van der Waals surface area contributed by atoms with E-state index in [0.717, 1.165) is 22.8 Å². The molecule has 0 spiro atoms. The van der Waals surface area contributed by atoms with Crippen molar-refractivity contribution in [3.05, 3.63) is 42.7 Å². The van der Waals surface area contributed by atoms with Gasteiger partial charge in [-0.25, -0.2) is 4.99 Å². The van der Waals surface area contributed by atoms with Gasteiger partial charge in [0.2, 0.25) is 12.7 Å². The van der Waals surface area contributed by atoms with Gasteiger partial charge in [-0.15, -0.1) is 0 Å². The number of quaternary nitrogens is 1. The van der Waals surface area contributed by atoms with Crippen molar-refractivity contribution in [3.8, 4) is 11.3 Å². The van der Waals surface area contributed by atoms with E-state index < -0.39 is 0 Å². The Bertz CT molecular complexity index is 769. The Kier molecular flexibility index (Phi) is 2.21. The Morgan fingerprint density at radius 1 is 1.10 bits per heavy atom. The molecule has 2 aliphatic heterocycles. The van der Waals surface area contributed by atoms with Crippen LogP contribution in [0.25, 0.3) is 11.3 Å². The van der Waals surface area contributed by atoms with E-state index in [2.05, 4.69) is 30.2 Å². The van der Waals surface area contributed by atoms with E-state index in [4.69, 9.17) is 0 Å². The first-order chi connectivity index (χ1) is 9.90. The second kappa shape index (κ2) is 4.04.